The zero-order valence-electron chi connectivity index (χ0n) is 19.8. The minimum atomic E-state index is -0.849. The Morgan fingerprint density at radius 1 is 1.26 bits per heavy atom. The third kappa shape index (κ3) is 5.86. The second kappa shape index (κ2) is 11.0. The highest BCUT2D eigenvalue weighted by Gasteiger charge is 2.24. The molecule has 1 saturated heterocycles. The maximum Gasteiger partial charge on any atom is 0.252 e. The number of nitrogens with one attached hydrogen (secondary N) is 3. The number of hydrogen-bond donors (Lipinski definition) is 4. The van der Waals surface area contributed by atoms with Crippen LogP contribution in [-0.2, 0) is 4.74 Å². The molecule has 1 fully saturated rings. The number of nitrogens with zero attached hydrogens (tertiary/aromatic N) is 3. The quantitative estimate of drug-likeness (QED) is 0.406. The van der Waals surface area contributed by atoms with Crippen LogP contribution in [0.1, 0.15) is 52.3 Å². The Morgan fingerprint density at radius 3 is 2.56 bits per heavy atom. The fourth-order valence-electron chi connectivity index (χ4n) is 3.82. The van der Waals surface area contributed by atoms with E-state index < -0.39 is 12.0 Å². The smallest absolute Gasteiger partial charge is 0.252 e. The van der Waals surface area contributed by atoms with Gasteiger partial charge in [-0.15, -0.1) is 0 Å². The third-order valence-electron chi connectivity index (χ3n) is 5.73. The predicted octanol–water partition coefficient (Wildman–Crippen LogP) is 1.88. The summed E-state index contributed by atoms with van der Waals surface area (Å²) in [5.41, 5.74) is 6.87. The van der Waals surface area contributed by atoms with Gasteiger partial charge in [0.2, 0.25) is 5.95 Å². The molecule has 1 atom stereocenters. The topological polar surface area (TPSA) is 156 Å². The minimum Gasteiger partial charge on any atom is -0.495 e. The summed E-state index contributed by atoms with van der Waals surface area (Å²) in [6.45, 7) is 3.46. The minimum absolute atomic E-state index is 0.0666. The van der Waals surface area contributed by atoms with Gasteiger partial charge >= 0.3 is 0 Å². The average molecular weight is 470 g/mol. The number of primary amides is 1. The first-order chi connectivity index (χ1) is 16.2. The van der Waals surface area contributed by atoms with Crippen LogP contribution < -0.4 is 21.1 Å². The Hall–Kier alpha value is -3.57. The van der Waals surface area contributed by atoms with Crippen molar-refractivity contribution in [3.63, 3.8) is 0 Å². The van der Waals surface area contributed by atoms with E-state index in [1.165, 1.54) is 20.4 Å². The Balaban J connectivity index is 1.82. The van der Waals surface area contributed by atoms with Gasteiger partial charge in [-0.1, -0.05) is 0 Å². The molecular formula is C23H31N7O4. The fraction of sp³-hybridized carbons (Fsp3) is 0.435. The molecule has 2 heterocycles. The molecule has 5 N–H and O–H groups in total. The fourth-order valence-corrected chi connectivity index (χ4v) is 3.82. The van der Waals surface area contributed by atoms with Gasteiger partial charge in [0.25, 0.3) is 11.8 Å². The van der Waals surface area contributed by atoms with Gasteiger partial charge in [-0.05, 0) is 58.1 Å². The molecule has 11 nitrogen and oxygen atoms in total. The first-order valence-corrected chi connectivity index (χ1v) is 10.9. The lowest BCUT2D eigenvalue weighted by molar-refractivity contribution is 0.0915. The molecule has 3 rings (SSSR count). The van der Waals surface area contributed by atoms with Crippen molar-refractivity contribution in [2.24, 2.45) is 5.73 Å². The third-order valence-corrected chi connectivity index (χ3v) is 5.73. The van der Waals surface area contributed by atoms with Crippen LogP contribution in [0.2, 0.25) is 0 Å². The van der Waals surface area contributed by atoms with Crippen molar-refractivity contribution < 1.29 is 19.1 Å². The summed E-state index contributed by atoms with van der Waals surface area (Å²) in [6, 6.07) is 5.18. The molecule has 1 aromatic carbocycles. The highest BCUT2D eigenvalue weighted by molar-refractivity contribution is 5.97. The van der Waals surface area contributed by atoms with Gasteiger partial charge in [0.1, 0.15) is 11.9 Å². The summed E-state index contributed by atoms with van der Waals surface area (Å²) in [5.74, 6) is -0.299. The largest absolute Gasteiger partial charge is 0.495 e. The number of rotatable bonds is 9. The number of ether oxygens (including phenoxy) is 2. The second-order valence-electron chi connectivity index (χ2n) is 8.25. The van der Waals surface area contributed by atoms with Gasteiger partial charge in [-0.2, -0.15) is 0 Å². The summed E-state index contributed by atoms with van der Waals surface area (Å²) in [6.07, 6.45) is 2.27. The number of benzene rings is 1. The molecule has 1 unspecified atom stereocenters. The number of carbonyl (C=O) groups excluding carboxylic acids is 2. The summed E-state index contributed by atoms with van der Waals surface area (Å²) >= 11 is 0. The Bertz CT molecular complexity index is 1070. The van der Waals surface area contributed by atoms with E-state index in [0.717, 1.165) is 25.9 Å². The van der Waals surface area contributed by atoms with Crippen molar-refractivity contribution in [1.82, 2.24) is 20.2 Å². The number of aromatic nitrogens is 2. The molecule has 34 heavy (non-hydrogen) atoms. The van der Waals surface area contributed by atoms with Crippen LogP contribution in [0.25, 0.3) is 0 Å². The molecule has 0 aliphatic carbocycles. The second-order valence-corrected chi connectivity index (χ2v) is 8.25. The normalized spacial score (nSPS) is 15.4. The van der Waals surface area contributed by atoms with Gasteiger partial charge in [-0.25, -0.2) is 9.97 Å². The van der Waals surface area contributed by atoms with Gasteiger partial charge in [0.05, 0.1) is 24.1 Å². The van der Waals surface area contributed by atoms with E-state index in [1.54, 1.807) is 25.1 Å². The van der Waals surface area contributed by atoms with Crippen LogP contribution in [0, 0.1) is 5.41 Å². The number of methoxy groups -OCH3 is 2. The number of anilines is 2. The van der Waals surface area contributed by atoms with Gasteiger partial charge in [0.15, 0.2) is 0 Å². The number of carbonyl (C=O) groups is 2. The molecule has 1 aromatic heterocycles. The van der Waals surface area contributed by atoms with Crippen LogP contribution in [0.5, 0.6) is 5.75 Å². The standard InChI is InChI=1S/C23H31N7O4/c1-13(24)20(34-4)19-16(21(25)31)12-26-23(29-19)28-17-6-5-14(11-18(17)33-3)22(32)27-15-7-9-30(2)10-8-15/h5-6,11-12,15,20,24H,7-10H2,1-4H3,(H2,25,31)(H,27,32)(H,26,28,29). The molecule has 1 aliphatic heterocycles. The lowest BCUT2D eigenvalue weighted by Gasteiger charge is -2.29. The molecule has 2 amide bonds. The summed E-state index contributed by atoms with van der Waals surface area (Å²) in [5, 5.41) is 14.1. The van der Waals surface area contributed by atoms with Crippen molar-refractivity contribution >= 4 is 29.2 Å². The zero-order chi connectivity index (χ0) is 24.8. The van der Waals surface area contributed by atoms with Gasteiger partial charge in [0, 0.05) is 30.6 Å². The van der Waals surface area contributed by atoms with Crippen molar-refractivity contribution in [2.75, 3.05) is 39.7 Å². The SMILES string of the molecule is COc1cc(C(=O)NC2CCN(C)CC2)ccc1Nc1ncc(C(N)=O)c(C(OC)C(C)=N)n1. The predicted molar refractivity (Wildman–Crippen MR) is 128 cm³/mol. The van der Waals surface area contributed by atoms with Crippen molar-refractivity contribution in [1.29, 1.82) is 5.41 Å². The van der Waals surface area contributed by atoms with Crippen molar-refractivity contribution in [2.45, 2.75) is 31.9 Å². The lowest BCUT2D eigenvalue weighted by atomic mass is 10.0. The summed E-state index contributed by atoms with van der Waals surface area (Å²) in [7, 11) is 4.99. The van der Waals surface area contributed by atoms with Crippen LogP contribution in [-0.4, -0.2) is 72.8 Å². The molecule has 182 valence electrons. The Morgan fingerprint density at radius 2 is 1.97 bits per heavy atom. The van der Waals surface area contributed by atoms with Crippen molar-refractivity contribution in [3.05, 3.63) is 41.2 Å². The number of amides is 2. The molecule has 1 aliphatic rings. The van der Waals surface area contributed by atoms with E-state index in [4.69, 9.17) is 20.6 Å². The molecule has 0 bridgehead atoms. The highest BCUT2D eigenvalue weighted by atomic mass is 16.5. The van der Waals surface area contributed by atoms with Gasteiger partial charge in [-0.3, -0.25) is 9.59 Å². The van der Waals surface area contributed by atoms with Crippen LogP contribution in [0.3, 0.4) is 0 Å². The number of piperidine rings is 1. The maximum absolute atomic E-state index is 12.7. The monoisotopic (exact) mass is 469 g/mol. The number of likely N-dealkylation sites (tertiary alicyclic amines) is 1. The molecule has 0 radical (unpaired) electrons. The molecule has 0 spiro atoms. The van der Waals surface area contributed by atoms with E-state index in [9.17, 15) is 9.59 Å². The van der Waals surface area contributed by atoms with Crippen LogP contribution in [0.15, 0.2) is 24.4 Å². The van der Waals surface area contributed by atoms with E-state index in [2.05, 4.69) is 32.5 Å². The molecule has 0 saturated carbocycles. The van der Waals surface area contributed by atoms with Crippen molar-refractivity contribution in [3.8, 4) is 5.75 Å². The first-order valence-electron chi connectivity index (χ1n) is 10.9. The average Bonchev–Trinajstić information content (AvgIpc) is 2.81. The maximum atomic E-state index is 12.7. The van der Waals surface area contributed by atoms with E-state index in [0.29, 0.717) is 17.0 Å². The number of hydrogen-bond acceptors (Lipinski definition) is 9. The van der Waals surface area contributed by atoms with E-state index in [-0.39, 0.29) is 34.9 Å². The van der Waals surface area contributed by atoms with E-state index in [1.807, 2.05) is 0 Å². The molecular weight excluding hydrogens is 438 g/mol. The Labute approximate surface area is 198 Å². The Kier molecular flexibility index (Phi) is 8.13. The van der Waals surface area contributed by atoms with Crippen LogP contribution in [0.4, 0.5) is 11.6 Å². The first kappa shape index (κ1) is 25.1. The zero-order valence-corrected chi connectivity index (χ0v) is 19.8. The molecule has 2 aromatic rings. The van der Waals surface area contributed by atoms with E-state index >= 15 is 0 Å². The van der Waals surface area contributed by atoms with Gasteiger partial charge < -0.3 is 36.2 Å². The highest BCUT2D eigenvalue weighted by Crippen LogP contribution is 2.29. The summed E-state index contributed by atoms with van der Waals surface area (Å²) in [4.78, 5) is 35.4. The lowest BCUT2D eigenvalue weighted by Crippen LogP contribution is -2.43. The molecule has 11 heteroatoms. The van der Waals surface area contributed by atoms with Crippen LogP contribution >= 0.6 is 0 Å². The number of nitrogens with two attached hydrogens (primary N) is 1. The summed E-state index contributed by atoms with van der Waals surface area (Å²) < 4.78 is 10.8.